The van der Waals surface area contributed by atoms with Crippen molar-refractivity contribution in [3.63, 3.8) is 0 Å². The Kier molecular flexibility index (Phi) is 6.67. The topological polar surface area (TPSA) is 60.2 Å². The Morgan fingerprint density at radius 1 is 0.893 bits per heavy atom. The molecule has 28 heavy (non-hydrogen) atoms. The lowest BCUT2D eigenvalue weighted by atomic mass is 10.1. The van der Waals surface area contributed by atoms with Crippen LogP contribution in [0.5, 0.6) is 0 Å². The molecule has 4 nitrogen and oxygen atoms in total. The molecule has 0 amide bonds. The normalized spacial score (nSPS) is 11.0. The van der Waals surface area contributed by atoms with Gasteiger partial charge in [-0.3, -0.25) is 5.43 Å². The Bertz CT molecular complexity index is 1020. The first-order chi connectivity index (χ1) is 13.7. The van der Waals surface area contributed by atoms with Crippen LogP contribution in [-0.4, -0.2) is 10.8 Å². The van der Waals surface area contributed by atoms with Crippen molar-refractivity contribution in [3.05, 3.63) is 108 Å². The number of hydrogen-bond acceptors (Lipinski definition) is 3. The molecule has 0 aliphatic heterocycles. The highest BCUT2D eigenvalue weighted by molar-refractivity contribution is 7.80. The van der Waals surface area contributed by atoms with Crippen LogP contribution in [0.25, 0.3) is 6.08 Å². The predicted molar refractivity (Wildman–Crippen MR) is 119 cm³/mol. The number of hydrazone groups is 1. The average Bonchev–Trinajstić information content (AvgIpc) is 2.75. The van der Waals surface area contributed by atoms with E-state index in [4.69, 9.17) is 17.5 Å². The average molecular weight is 382 g/mol. The minimum Gasteiger partial charge on any atom is -0.331 e. The quantitative estimate of drug-likeness (QED) is 0.372. The van der Waals surface area contributed by atoms with Gasteiger partial charge in [-0.2, -0.15) is 10.4 Å². The fourth-order valence-corrected chi connectivity index (χ4v) is 2.61. The molecule has 3 rings (SSSR count). The molecule has 5 heteroatoms. The molecule has 0 saturated carbocycles. The summed E-state index contributed by atoms with van der Waals surface area (Å²) in [7, 11) is 0. The van der Waals surface area contributed by atoms with Crippen molar-refractivity contribution >= 4 is 34.8 Å². The van der Waals surface area contributed by atoms with E-state index in [9.17, 15) is 0 Å². The van der Waals surface area contributed by atoms with Gasteiger partial charge in [-0.05, 0) is 48.1 Å². The standard InChI is InChI=1S/C23H18N4S/c24-17-19-13-11-18(12-14-19)15-16-22(20-7-3-1-4-8-20)26-27-23(28)25-21-9-5-2-6-10-21/h1-16H,(H2,25,27,28)/b16-15+,26-22-. The van der Waals surface area contributed by atoms with Gasteiger partial charge < -0.3 is 5.32 Å². The second kappa shape index (κ2) is 9.81. The first-order valence-electron chi connectivity index (χ1n) is 8.68. The number of nitrogens with zero attached hydrogens (tertiary/aromatic N) is 2. The van der Waals surface area contributed by atoms with E-state index in [0.29, 0.717) is 10.7 Å². The zero-order chi connectivity index (χ0) is 19.6. The maximum Gasteiger partial charge on any atom is 0.191 e. The highest BCUT2D eigenvalue weighted by Crippen LogP contribution is 2.09. The molecule has 3 aromatic carbocycles. The van der Waals surface area contributed by atoms with Crippen LogP contribution in [-0.2, 0) is 0 Å². The van der Waals surface area contributed by atoms with Gasteiger partial charge in [-0.25, -0.2) is 0 Å². The van der Waals surface area contributed by atoms with E-state index in [1.165, 1.54) is 0 Å². The number of para-hydroxylation sites is 1. The number of benzene rings is 3. The van der Waals surface area contributed by atoms with Gasteiger partial charge in [0.05, 0.1) is 17.3 Å². The molecule has 0 aromatic heterocycles. The molecule has 0 bridgehead atoms. The van der Waals surface area contributed by atoms with Gasteiger partial charge in [-0.15, -0.1) is 0 Å². The molecule has 0 radical (unpaired) electrons. The molecule has 0 saturated heterocycles. The number of nitriles is 1. The number of anilines is 1. The van der Waals surface area contributed by atoms with E-state index >= 15 is 0 Å². The molecule has 0 aliphatic carbocycles. The maximum absolute atomic E-state index is 8.91. The van der Waals surface area contributed by atoms with Gasteiger partial charge in [0.2, 0.25) is 0 Å². The summed E-state index contributed by atoms with van der Waals surface area (Å²) in [4.78, 5) is 0. The summed E-state index contributed by atoms with van der Waals surface area (Å²) in [6.45, 7) is 0. The highest BCUT2D eigenvalue weighted by atomic mass is 32.1. The largest absolute Gasteiger partial charge is 0.331 e. The molecule has 3 aromatic rings. The van der Waals surface area contributed by atoms with Crippen molar-refractivity contribution in [2.45, 2.75) is 0 Å². The van der Waals surface area contributed by atoms with E-state index in [1.54, 1.807) is 12.1 Å². The van der Waals surface area contributed by atoms with Crippen LogP contribution < -0.4 is 10.7 Å². The Hall–Kier alpha value is -3.75. The molecule has 2 N–H and O–H groups in total. The van der Waals surface area contributed by atoms with Crippen LogP contribution >= 0.6 is 12.2 Å². The summed E-state index contributed by atoms with van der Waals surface area (Å²) >= 11 is 5.33. The zero-order valence-corrected chi connectivity index (χ0v) is 15.9. The summed E-state index contributed by atoms with van der Waals surface area (Å²) in [6, 6.07) is 29.0. The van der Waals surface area contributed by atoms with E-state index in [2.05, 4.69) is 21.9 Å². The minimum absolute atomic E-state index is 0.409. The van der Waals surface area contributed by atoms with E-state index in [-0.39, 0.29) is 0 Å². The Labute approximate surface area is 169 Å². The van der Waals surface area contributed by atoms with Gasteiger partial charge in [-0.1, -0.05) is 66.7 Å². The number of allylic oxidation sites excluding steroid dienone is 1. The van der Waals surface area contributed by atoms with Crippen molar-refractivity contribution in [1.29, 1.82) is 5.26 Å². The summed E-state index contributed by atoms with van der Waals surface area (Å²) in [5.41, 5.74) is 7.10. The molecule has 0 heterocycles. The van der Waals surface area contributed by atoms with E-state index in [1.807, 2.05) is 84.9 Å². The number of rotatable bonds is 5. The number of nitrogens with one attached hydrogen (secondary N) is 2. The monoisotopic (exact) mass is 382 g/mol. The number of hydrogen-bond donors (Lipinski definition) is 2. The van der Waals surface area contributed by atoms with E-state index < -0.39 is 0 Å². The lowest BCUT2D eigenvalue weighted by Crippen LogP contribution is -2.25. The van der Waals surface area contributed by atoms with Gasteiger partial charge in [0.1, 0.15) is 0 Å². The van der Waals surface area contributed by atoms with Crippen LogP contribution in [0.15, 0.2) is 96.1 Å². The van der Waals surface area contributed by atoms with Crippen molar-refractivity contribution < 1.29 is 0 Å². The fraction of sp³-hybridized carbons (Fsp3) is 0. The van der Waals surface area contributed by atoms with Crippen LogP contribution in [0.4, 0.5) is 5.69 Å². The lowest BCUT2D eigenvalue weighted by Gasteiger charge is -2.08. The van der Waals surface area contributed by atoms with E-state index in [0.717, 1.165) is 22.5 Å². The molecule has 0 unspecified atom stereocenters. The summed E-state index contributed by atoms with van der Waals surface area (Å²) < 4.78 is 0. The SMILES string of the molecule is N#Cc1ccc(/C=C/C(=N/NC(=S)Nc2ccccc2)c2ccccc2)cc1. The summed E-state index contributed by atoms with van der Waals surface area (Å²) in [5.74, 6) is 0. The lowest BCUT2D eigenvalue weighted by molar-refractivity contribution is 1.04. The molecular formula is C23H18N4S. The maximum atomic E-state index is 8.91. The molecular weight excluding hydrogens is 364 g/mol. The molecule has 0 aliphatic rings. The first kappa shape index (κ1) is 19.0. The predicted octanol–water partition coefficient (Wildman–Crippen LogP) is 4.96. The van der Waals surface area contributed by atoms with Gasteiger partial charge in [0.15, 0.2) is 5.11 Å². The van der Waals surface area contributed by atoms with Gasteiger partial charge in [0.25, 0.3) is 0 Å². The second-order valence-electron chi connectivity index (χ2n) is 5.86. The van der Waals surface area contributed by atoms with Crippen LogP contribution in [0.3, 0.4) is 0 Å². The van der Waals surface area contributed by atoms with Crippen molar-refractivity contribution in [2.24, 2.45) is 5.10 Å². The van der Waals surface area contributed by atoms with Crippen molar-refractivity contribution in [3.8, 4) is 6.07 Å². The zero-order valence-electron chi connectivity index (χ0n) is 15.0. The third-order valence-corrected chi connectivity index (χ3v) is 4.05. The first-order valence-corrected chi connectivity index (χ1v) is 9.09. The van der Waals surface area contributed by atoms with Crippen LogP contribution in [0.2, 0.25) is 0 Å². The van der Waals surface area contributed by atoms with Gasteiger partial charge >= 0.3 is 0 Å². The van der Waals surface area contributed by atoms with Crippen molar-refractivity contribution in [1.82, 2.24) is 5.43 Å². The summed E-state index contributed by atoms with van der Waals surface area (Å²) in [6.07, 6.45) is 3.86. The van der Waals surface area contributed by atoms with Crippen LogP contribution in [0, 0.1) is 11.3 Å². The third-order valence-electron chi connectivity index (χ3n) is 3.85. The summed E-state index contributed by atoms with van der Waals surface area (Å²) in [5, 5.41) is 16.9. The second-order valence-corrected chi connectivity index (χ2v) is 6.27. The minimum atomic E-state index is 0.409. The highest BCUT2D eigenvalue weighted by Gasteiger charge is 2.01. The van der Waals surface area contributed by atoms with Crippen molar-refractivity contribution in [2.75, 3.05) is 5.32 Å². The number of thiocarbonyl (C=S) groups is 1. The Morgan fingerprint density at radius 2 is 1.54 bits per heavy atom. The molecule has 136 valence electrons. The third kappa shape index (κ3) is 5.63. The molecule has 0 spiro atoms. The Balaban J connectivity index is 1.76. The van der Waals surface area contributed by atoms with Gasteiger partial charge in [0, 0.05) is 11.3 Å². The smallest absolute Gasteiger partial charge is 0.191 e. The molecule has 0 atom stereocenters. The Morgan fingerprint density at radius 3 is 2.18 bits per heavy atom. The van der Waals surface area contributed by atoms with Crippen LogP contribution in [0.1, 0.15) is 16.7 Å². The fourth-order valence-electron chi connectivity index (χ4n) is 2.44. The molecule has 0 fully saturated rings.